The van der Waals surface area contributed by atoms with Crippen molar-refractivity contribution in [3.8, 4) is 11.5 Å². The number of hydrazone groups is 1. The van der Waals surface area contributed by atoms with E-state index in [2.05, 4.69) is 10.5 Å². The van der Waals surface area contributed by atoms with E-state index in [-0.39, 0.29) is 23.5 Å². The lowest BCUT2D eigenvalue weighted by Crippen LogP contribution is -2.40. The number of halogens is 1. The number of carbonyl (C=O) groups excluding carboxylic acids is 1. The summed E-state index contributed by atoms with van der Waals surface area (Å²) in [6.07, 6.45) is 2.25. The maximum atomic E-state index is 12.8. The lowest BCUT2D eigenvalue weighted by atomic mass is 10.2. The minimum absolute atomic E-state index is 0.0434. The van der Waals surface area contributed by atoms with Crippen molar-refractivity contribution >= 4 is 33.7 Å². The first-order valence-electron chi connectivity index (χ1n) is 11.0. The van der Waals surface area contributed by atoms with Crippen molar-refractivity contribution in [2.24, 2.45) is 5.10 Å². The standard InChI is InChI=1S/C23H28ClN3O6S/c1-3-10-33-22-20(24)13-17(14-21(22)32-4-2)16-25-26-23(28)18-6-5-7-19(15-18)34(29,30)27-8-11-31-12-9-27/h5-7,13-16H,3-4,8-12H2,1-2H3,(H,26,28)/b25-16+. The fourth-order valence-electron chi connectivity index (χ4n) is 3.23. The molecular formula is C23H28ClN3O6S. The monoisotopic (exact) mass is 509 g/mol. The number of benzene rings is 2. The molecular weight excluding hydrogens is 482 g/mol. The summed E-state index contributed by atoms with van der Waals surface area (Å²) in [7, 11) is -3.71. The Bertz CT molecular complexity index is 1130. The smallest absolute Gasteiger partial charge is 0.271 e. The van der Waals surface area contributed by atoms with E-state index in [0.717, 1.165) is 6.42 Å². The maximum Gasteiger partial charge on any atom is 0.271 e. The third kappa shape index (κ3) is 6.47. The summed E-state index contributed by atoms with van der Waals surface area (Å²) in [6.45, 7) is 6.01. The Kier molecular flexibility index (Phi) is 9.28. The van der Waals surface area contributed by atoms with Crippen LogP contribution in [0.15, 0.2) is 46.4 Å². The second kappa shape index (κ2) is 12.2. The third-order valence-electron chi connectivity index (χ3n) is 4.87. The molecule has 3 rings (SSSR count). The molecule has 0 radical (unpaired) electrons. The Balaban J connectivity index is 1.72. The Morgan fingerprint density at radius 3 is 2.68 bits per heavy atom. The fraction of sp³-hybridized carbons (Fsp3) is 0.391. The van der Waals surface area contributed by atoms with Gasteiger partial charge in [0.05, 0.1) is 42.6 Å². The molecule has 0 saturated carbocycles. The molecule has 0 aromatic heterocycles. The van der Waals surface area contributed by atoms with E-state index in [9.17, 15) is 13.2 Å². The van der Waals surface area contributed by atoms with Gasteiger partial charge < -0.3 is 14.2 Å². The molecule has 1 saturated heterocycles. The molecule has 34 heavy (non-hydrogen) atoms. The quantitative estimate of drug-likeness (QED) is 0.389. The van der Waals surface area contributed by atoms with Crippen molar-refractivity contribution in [1.29, 1.82) is 0 Å². The Morgan fingerprint density at radius 2 is 1.97 bits per heavy atom. The summed E-state index contributed by atoms with van der Waals surface area (Å²) in [5.74, 6) is 0.399. The molecule has 2 aromatic rings. The zero-order valence-electron chi connectivity index (χ0n) is 19.1. The van der Waals surface area contributed by atoms with Crippen molar-refractivity contribution in [1.82, 2.24) is 9.73 Å². The van der Waals surface area contributed by atoms with Gasteiger partial charge in [0, 0.05) is 18.7 Å². The number of hydrogen-bond acceptors (Lipinski definition) is 7. The summed E-state index contributed by atoms with van der Waals surface area (Å²) in [5.41, 5.74) is 3.18. The summed E-state index contributed by atoms with van der Waals surface area (Å²) < 4.78 is 43.6. The van der Waals surface area contributed by atoms with Gasteiger partial charge in [0.2, 0.25) is 10.0 Å². The molecule has 1 amide bonds. The highest BCUT2D eigenvalue weighted by Crippen LogP contribution is 2.36. The van der Waals surface area contributed by atoms with Gasteiger partial charge in [0.1, 0.15) is 0 Å². The number of nitrogens with zero attached hydrogens (tertiary/aromatic N) is 2. The lowest BCUT2D eigenvalue weighted by molar-refractivity contribution is 0.0730. The average molecular weight is 510 g/mol. The molecule has 1 aliphatic rings. The van der Waals surface area contributed by atoms with Crippen LogP contribution in [0.5, 0.6) is 11.5 Å². The molecule has 1 aliphatic heterocycles. The minimum Gasteiger partial charge on any atom is -0.490 e. The van der Waals surface area contributed by atoms with Crippen LogP contribution in [0, 0.1) is 0 Å². The van der Waals surface area contributed by atoms with Gasteiger partial charge in [-0.2, -0.15) is 9.41 Å². The predicted octanol–water partition coefficient (Wildman–Crippen LogP) is 3.31. The van der Waals surface area contributed by atoms with Crippen LogP contribution in [0.2, 0.25) is 5.02 Å². The Hall–Kier alpha value is -2.66. The van der Waals surface area contributed by atoms with Gasteiger partial charge in [0.15, 0.2) is 11.5 Å². The van der Waals surface area contributed by atoms with Crippen molar-refractivity contribution in [2.75, 3.05) is 39.5 Å². The molecule has 11 heteroatoms. The van der Waals surface area contributed by atoms with E-state index < -0.39 is 15.9 Å². The van der Waals surface area contributed by atoms with E-state index in [0.29, 0.717) is 48.5 Å². The van der Waals surface area contributed by atoms with Gasteiger partial charge in [-0.3, -0.25) is 4.79 Å². The topological polar surface area (TPSA) is 107 Å². The number of nitrogens with one attached hydrogen (secondary N) is 1. The van der Waals surface area contributed by atoms with Crippen LogP contribution in [0.3, 0.4) is 0 Å². The number of morpholine rings is 1. The van der Waals surface area contributed by atoms with Crippen LogP contribution < -0.4 is 14.9 Å². The Morgan fingerprint density at radius 1 is 1.21 bits per heavy atom. The van der Waals surface area contributed by atoms with Gasteiger partial charge in [-0.1, -0.05) is 24.6 Å². The highest BCUT2D eigenvalue weighted by atomic mass is 35.5. The molecule has 1 N–H and O–H groups in total. The number of ether oxygens (including phenoxy) is 3. The van der Waals surface area contributed by atoms with Crippen LogP contribution in [0.25, 0.3) is 0 Å². The van der Waals surface area contributed by atoms with Crippen molar-refractivity contribution in [3.05, 3.63) is 52.5 Å². The van der Waals surface area contributed by atoms with E-state index in [1.165, 1.54) is 34.8 Å². The Labute approximate surface area is 204 Å². The molecule has 0 unspecified atom stereocenters. The molecule has 0 spiro atoms. The van der Waals surface area contributed by atoms with Gasteiger partial charge in [-0.25, -0.2) is 13.8 Å². The van der Waals surface area contributed by atoms with Gasteiger partial charge in [0.25, 0.3) is 5.91 Å². The molecule has 0 atom stereocenters. The van der Waals surface area contributed by atoms with Crippen LogP contribution in [-0.2, 0) is 14.8 Å². The highest BCUT2D eigenvalue weighted by Gasteiger charge is 2.26. The first-order chi connectivity index (χ1) is 16.4. The van der Waals surface area contributed by atoms with E-state index >= 15 is 0 Å². The van der Waals surface area contributed by atoms with E-state index in [1.54, 1.807) is 12.1 Å². The lowest BCUT2D eigenvalue weighted by Gasteiger charge is -2.26. The zero-order chi connectivity index (χ0) is 24.6. The summed E-state index contributed by atoms with van der Waals surface area (Å²) >= 11 is 6.34. The number of rotatable bonds is 10. The molecule has 1 heterocycles. The SMILES string of the molecule is CCCOc1c(Cl)cc(/C=N/NC(=O)c2cccc(S(=O)(=O)N3CCOCC3)c2)cc1OCC. The summed E-state index contributed by atoms with van der Waals surface area (Å²) in [4.78, 5) is 12.6. The normalized spacial score (nSPS) is 14.8. The van der Waals surface area contributed by atoms with Crippen LogP contribution in [0.1, 0.15) is 36.2 Å². The fourth-order valence-corrected chi connectivity index (χ4v) is 4.96. The molecule has 0 bridgehead atoms. The van der Waals surface area contributed by atoms with Crippen molar-refractivity contribution < 1.29 is 27.4 Å². The number of sulfonamides is 1. The number of hydrogen-bond donors (Lipinski definition) is 1. The first kappa shape index (κ1) is 26.0. The molecule has 9 nitrogen and oxygen atoms in total. The highest BCUT2D eigenvalue weighted by molar-refractivity contribution is 7.89. The molecule has 2 aromatic carbocycles. The van der Waals surface area contributed by atoms with Gasteiger partial charge >= 0.3 is 0 Å². The summed E-state index contributed by atoms with van der Waals surface area (Å²) in [5, 5.41) is 4.35. The van der Waals surface area contributed by atoms with Crippen LogP contribution in [0.4, 0.5) is 0 Å². The van der Waals surface area contributed by atoms with Gasteiger partial charge in [-0.15, -0.1) is 0 Å². The van der Waals surface area contributed by atoms with Crippen molar-refractivity contribution in [2.45, 2.75) is 25.2 Å². The number of carbonyl (C=O) groups is 1. The van der Waals surface area contributed by atoms with E-state index in [1.807, 2.05) is 13.8 Å². The van der Waals surface area contributed by atoms with Crippen molar-refractivity contribution in [3.63, 3.8) is 0 Å². The maximum absolute atomic E-state index is 12.8. The molecule has 184 valence electrons. The minimum atomic E-state index is -3.71. The summed E-state index contributed by atoms with van der Waals surface area (Å²) in [6, 6.07) is 9.21. The molecule has 0 aliphatic carbocycles. The van der Waals surface area contributed by atoms with E-state index in [4.69, 9.17) is 25.8 Å². The average Bonchev–Trinajstić information content (AvgIpc) is 2.84. The number of amides is 1. The molecule has 1 fully saturated rings. The zero-order valence-corrected chi connectivity index (χ0v) is 20.7. The predicted molar refractivity (Wildman–Crippen MR) is 129 cm³/mol. The van der Waals surface area contributed by atoms with Crippen LogP contribution in [-0.4, -0.2) is 64.4 Å². The first-order valence-corrected chi connectivity index (χ1v) is 12.8. The second-order valence-corrected chi connectivity index (χ2v) is 9.70. The van der Waals surface area contributed by atoms with Crippen LogP contribution >= 0.6 is 11.6 Å². The largest absolute Gasteiger partial charge is 0.490 e. The van der Waals surface area contributed by atoms with Gasteiger partial charge in [-0.05, 0) is 49.2 Å². The second-order valence-electron chi connectivity index (χ2n) is 7.35. The third-order valence-corrected chi connectivity index (χ3v) is 7.04.